The molecule has 4 nitrogen and oxygen atoms in total. The zero-order valence-electron chi connectivity index (χ0n) is 13.0. The lowest BCUT2D eigenvalue weighted by atomic mass is 10.1. The first kappa shape index (κ1) is 15.8. The first-order valence-corrected chi connectivity index (χ1v) is 7.89. The first-order valence-electron chi connectivity index (χ1n) is 7.89. The SMILES string of the molecule is Nc1cccc(C(O)CN2CCN(c3ccccc3F)CC2)c1. The average Bonchev–Trinajstić information content (AvgIpc) is 2.56. The molecule has 0 bridgehead atoms. The highest BCUT2D eigenvalue weighted by Crippen LogP contribution is 2.22. The highest BCUT2D eigenvalue weighted by Gasteiger charge is 2.21. The van der Waals surface area contributed by atoms with Crippen molar-refractivity contribution in [3.8, 4) is 0 Å². The van der Waals surface area contributed by atoms with Crippen molar-refractivity contribution in [2.24, 2.45) is 0 Å². The lowest BCUT2D eigenvalue weighted by molar-refractivity contribution is 0.109. The molecule has 2 aromatic carbocycles. The number of nitrogen functional groups attached to an aromatic ring is 1. The first-order chi connectivity index (χ1) is 11.1. The van der Waals surface area contributed by atoms with Crippen LogP contribution in [0.3, 0.4) is 0 Å². The number of anilines is 2. The maximum Gasteiger partial charge on any atom is 0.146 e. The van der Waals surface area contributed by atoms with Crippen LogP contribution in [0.5, 0.6) is 0 Å². The molecule has 1 aliphatic heterocycles. The van der Waals surface area contributed by atoms with Gasteiger partial charge in [-0.3, -0.25) is 4.90 Å². The Bertz CT molecular complexity index is 656. The van der Waals surface area contributed by atoms with E-state index in [2.05, 4.69) is 9.80 Å². The number of β-amino-alcohol motifs (C(OH)–C–C–N with tert-alkyl or cyclic N) is 1. The number of rotatable bonds is 4. The van der Waals surface area contributed by atoms with E-state index in [1.54, 1.807) is 12.1 Å². The van der Waals surface area contributed by atoms with E-state index in [9.17, 15) is 9.50 Å². The lowest BCUT2D eigenvalue weighted by Gasteiger charge is -2.37. The number of nitrogens with two attached hydrogens (primary N) is 1. The van der Waals surface area contributed by atoms with Gasteiger partial charge in [0.05, 0.1) is 11.8 Å². The molecule has 1 saturated heterocycles. The highest BCUT2D eigenvalue weighted by atomic mass is 19.1. The Labute approximate surface area is 135 Å². The topological polar surface area (TPSA) is 52.7 Å². The summed E-state index contributed by atoms with van der Waals surface area (Å²) in [6.45, 7) is 3.67. The Morgan fingerprint density at radius 2 is 1.78 bits per heavy atom. The van der Waals surface area contributed by atoms with Crippen molar-refractivity contribution in [3.63, 3.8) is 0 Å². The third-order valence-electron chi connectivity index (χ3n) is 4.29. The fourth-order valence-electron chi connectivity index (χ4n) is 3.00. The molecule has 0 spiro atoms. The zero-order valence-corrected chi connectivity index (χ0v) is 13.0. The predicted molar refractivity (Wildman–Crippen MR) is 90.9 cm³/mol. The highest BCUT2D eigenvalue weighted by molar-refractivity contribution is 5.48. The minimum Gasteiger partial charge on any atom is -0.399 e. The van der Waals surface area contributed by atoms with Crippen LogP contribution in [0.4, 0.5) is 15.8 Å². The molecule has 0 aliphatic carbocycles. The second-order valence-corrected chi connectivity index (χ2v) is 5.92. The lowest BCUT2D eigenvalue weighted by Crippen LogP contribution is -2.47. The Morgan fingerprint density at radius 3 is 2.48 bits per heavy atom. The van der Waals surface area contributed by atoms with Gasteiger partial charge in [0.2, 0.25) is 0 Å². The standard InChI is InChI=1S/C18H22FN3O/c19-16-6-1-2-7-17(16)22-10-8-21(9-11-22)13-18(23)14-4-3-5-15(20)12-14/h1-7,12,18,23H,8-11,13,20H2. The van der Waals surface area contributed by atoms with Gasteiger partial charge in [0, 0.05) is 38.4 Å². The molecule has 23 heavy (non-hydrogen) atoms. The van der Waals surface area contributed by atoms with Gasteiger partial charge in [-0.2, -0.15) is 0 Å². The number of piperazine rings is 1. The fraction of sp³-hybridized carbons (Fsp3) is 0.333. The predicted octanol–water partition coefficient (Wildman–Crippen LogP) is 2.26. The molecule has 1 heterocycles. The number of hydrogen-bond donors (Lipinski definition) is 2. The van der Waals surface area contributed by atoms with Gasteiger partial charge < -0.3 is 15.7 Å². The number of para-hydroxylation sites is 1. The number of aliphatic hydroxyl groups excluding tert-OH is 1. The summed E-state index contributed by atoms with van der Waals surface area (Å²) in [5.74, 6) is -0.180. The second-order valence-electron chi connectivity index (χ2n) is 5.92. The van der Waals surface area contributed by atoms with Crippen LogP contribution in [-0.2, 0) is 0 Å². The monoisotopic (exact) mass is 315 g/mol. The number of aliphatic hydroxyl groups is 1. The van der Waals surface area contributed by atoms with Crippen molar-refractivity contribution in [3.05, 3.63) is 59.9 Å². The van der Waals surface area contributed by atoms with Crippen molar-refractivity contribution in [2.75, 3.05) is 43.4 Å². The van der Waals surface area contributed by atoms with Gasteiger partial charge in [0.25, 0.3) is 0 Å². The van der Waals surface area contributed by atoms with E-state index in [0.717, 1.165) is 31.7 Å². The quantitative estimate of drug-likeness (QED) is 0.850. The fourth-order valence-corrected chi connectivity index (χ4v) is 3.00. The van der Waals surface area contributed by atoms with E-state index in [1.165, 1.54) is 6.07 Å². The molecule has 1 fully saturated rings. The minimum atomic E-state index is -0.557. The Balaban J connectivity index is 1.56. The average molecular weight is 315 g/mol. The van der Waals surface area contributed by atoms with E-state index < -0.39 is 6.10 Å². The van der Waals surface area contributed by atoms with E-state index in [4.69, 9.17) is 5.73 Å². The number of benzene rings is 2. The Morgan fingerprint density at radius 1 is 1.04 bits per heavy atom. The molecule has 0 radical (unpaired) electrons. The van der Waals surface area contributed by atoms with Gasteiger partial charge in [0.1, 0.15) is 5.82 Å². The van der Waals surface area contributed by atoms with Crippen molar-refractivity contribution >= 4 is 11.4 Å². The largest absolute Gasteiger partial charge is 0.399 e. The van der Waals surface area contributed by atoms with Crippen LogP contribution in [0, 0.1) is 5.82 Å². The Kier molecular flexibility index (Phi) is 4.79. The van der Waals surface area contributed by atoms with Crippen LogP contribution in [0.25, 0.3) is 0 Å². The summed E-state index contributed by atoms with van der Waals surface area (Å²) in [5.41, 5.74) is 7.91. The summed E-state index contributed by atoms with van der Waals surface area (Å²) >= 11 is 0. The van der Waals surface area contributed by atoms with Crippen LogP contribution in [0.15, 0.2) is 48.5 Å². The third-order valence-corrected chi connectivity index (χ3v) is 4.29. The molecule has 0 amide bonds. The van der Waals surface area contributed by atoms with Crippen molar-refractivity contribution < 1.29 is 9.50 Å². The third kappa shape index (κ3) is 3.81. The smallest absolute Gasteiger partial charge is 0.146 e. The van der Waals surface area contributed by atoms with Gasteiger partial charge in [-0.05, 0) is 29.8 Å². The molecule has 0 saturated carbocycles. The van der Waals surface area contributed by atoms with Crippen LogP contribution in [0.2, 0.25) is 0 Å². The molecule has 3 N–H and O–H groups in total. The summed E-state index contributed by atoms with van der Waals surface area (Å²) in [5, 5.41) is 10.4. The molecular formula is C18H22FN3O. The van der Waals surface area contributed by atoms with Crippen LogP contribution < -0.4 is 10.6 Å². The van der Waals surface area contributed by atoms with E-state index in [1.807, 2.05) is 30.3 Å². The van der Waals surface area contributed by atoms with Gasteiger partial charge in [-0.25, -0.2) is 4.39 Å². The van der Waals surface area contributed by atoms with Crippen molar-refractivity contribution in [2.45, 2.75) is 6.10 Å². The molecular weight excluding hydrogens is 293 g/mol. The van der Waals surface area contributed by atoms with Gasteiger partial charge in [-0.1, -0.05) is 24.3 Å². The molecule has 1 unspecified atom stereocenters. The molecule has 0 aromatic heterocycles. The van der Waals surface area contributed by atoms with Gasteiger partial charge in [-0.15, -0.1) is 0 Å². The summed E-state index contributed by atoms with van der Waals surface area (Å²) in [7, 11) is 0. The molecule has 1 aliphatic rings. The number of nitrogens with zero attached hydrogens (tertiary/aromatic N) is 2. The normalized spacial score (nSPS) is 17.2. The summed E-state index contributed by atoms with van der Waals surface area (Å²) in [6.07, 6.45) is -0.557. The molecule has 5 heteroatoms. The van der Waals surface area contributed by atoms with Crippen LogP contribution in [-0.4, -0.2) is 42.7 Å². The number of hydrogen-bond acceptors (Lipinski definition) is 4. The maximum absolute atomic E-state index is 13.8. The van der Waals surface area contributed by atoms with Crippen molar-refractivity contribution in [1.29, 1.82) is 0 Å². The van der Waals surface area contributed by atoms with Crippen LogP contribution in [0.1, 0.15) is 11.7 Å². The molecule has 1 atom stereocenters. The van der Waals surface area contributed by atoms with E-state index in [-0.39, 0.29) is 5.82 Å². The summed E-state index contributed by atoms with van der Waals surface area (Å²) in [6, 6.07) is 14.2. The second kappa shape index (κ2) is 6.98. The molecule has 3 rings (SSSR count). The zero-order chi connectivity index (χ0) is 16.2. The maximum atomic E-state index is 13.8. The molecule has 2 aromatic rings. The van der Waals surface area contributed by atoms with Crippen LogP contribution >= 0.6 is 0 Å². The number of halogens is 1. The van der Waals surface area contributed by atoms with E-state index in [0.29, 0.717) is 17.9 Å². The van der Waals surface area contributed by atoms with Crippen molar-refractivity contribution in [1.82, 2.24) is 4.90 Å². The van der Waals surface area contributed by atoms with Gasteiger partial charge in [0.15, 0.2) is 0 Å². The summed E-state index contributed by atoms with van der Waals surface area (Å²) < 4.78 is 13.8. The Hall–Kier alpha value is -2.11. The van der Waals surface area contributed by atoms with Gasteiger partial charge >= 0.3 is 0 Å². The minimum absolute atomic E-state index is 0.180. The van der Waals surface area contributed by atoms with E-state index >= 15 is 0 Å². The summed E-state index contributed by atoms with van der Waals surface area (Å²) in [4.78, 5) is 4.25. The molecule has 122 valence electrons.